The Balaban J connectivity index is 1.89. The van der Waals surface area contributed by atoms with Crippen LogP contribution in [0.25, 0.3) is 0 Å². The molecule has 9 heteroatoms. The second-order valence-electron chi connectivity index (χ2n) is 7.09. The number of para-hydroxylation sites is 2. The Kier molecular flexibility index (Phi) is 7.73. The molecule has 0 aromatic heterocycles. The van der Waals surface area contributed by atoms with Crippen molar-refractivity contribution in [2.45, 2.75) is 18.7 Å². The highest BCUT2D eigenvalue weighted by Gasteiger charge is 2.22. The Morgan fingerprint density at radius 2 is 1.55 bits per heavy atom. The molecule has 3 aromatic rings. The maximum Gasteiger partial charge on any atom is 0.263 e. The van der Waals surface area contributed by atoms with Gasteiger partial charge < -0.3 is 10.2 Å². The van der Waals surface area contributed by atoms with Crippen LogP contribution in [0, 0.1) is 0 Å². The predicted molar refractivity (Wildman–Crippen MR) is 130 cm³/mol. The van der Waals surface area contributed by atoms with Crippen molar-refractivity contribution in [1.29, 1.82) is 0 Å². The fourth-order valence-electron chi connectivity index (χ4n) is 3.22. The van der Waals surface area contributed by atoms with Crippen molar-refractivity contribution in [3.8, 4) is 0 Å². The van der Waals surface area contributed by atoms with Gasteiger partial charge in [-0.3, -0.25) is 14.3 Å². The Morgan fingerprint density at radius 1 is 0.909 bits per heavy atom. The Bertz CT molecular complexity index is 1260. The van der Waals surface area contributed by atoms with E-state index in [0.717, 1.165) is 0 Å². The molecule has 0 aliphatic rings. The summed E-state index contributed by atoms with van der Waals surface area (Å²) in [5.74, 6) is -0.773. The molecule has 0 aliphatic heterocycles. The molecule has 2 amide bonds. The van der Waals surface area contributed by atoms with Crippen LogP contribution >= 0.6 is 11.6 Å². The number of anilines is 2. The van der Waals surface area contributed by atoms with Gasteiger partial charge in [-0.25, -0.2) is 8.42 Å². The van der Waals surface area contributed by atoms with E-state index in [2.05, 4.69) is 10.0 Å². The highest BCUT2D eigenvalue weighted by Crippen LogP contribution is 2.26. The standard InChI is InChI=1S/C24H24ClN3O4S/c1-3-28(4-2)24(30)19-12-8-9-13-21(19)26-23(29)17-14-15-20(25)22(16-17)33(31,32)27-18-10-6-5-7-11-18/h5-16,27H,3-4H2,1-2H3,(H,26,29). The molecule has 0 saturated carbocycles. The van der Waals surface area contributed by atoms with Crippen molar-refractivity contribution >= 4 is 44.8 Å². The quantitative estimate of drug-likeness (QED) is 0.475. The molecule has 0 saturated heterocycles. The van der Waals surface area contributed by atoms with E-state index in [4.69, 9.17) is 11.6 Å². The summed E-state index contributed by atoms with van der Waals surface area (Å²) in [5, 5.41) is 2.69. The Labute approximate surface area is 198 Å². The summed E-state index contributed by atoms with van der Waals surface area (Å²) in [6, 6.07) is 19.0. The van der Waals surface area contributed by atoms with E-state index >= 15 is 0 Å². The Hall–Kier alpha value is -3.36. The third-order valence-corrected chi connectivity index (χ3v) is 6.83. The van der Waals surface area contributed by atoms with E-state index in [1.54, 1.807) is 59.5 Å². The molecule has 0 heterocycles. The third-order valence-electron chi connectivity index (χ3n) is 4.97. The fourth-order valence-corrected chi connectivity index (χ4v) is 4.81. The van der Waals surface area contributed by atoms with Crippen LogP contribution in [0.1, 0.15) is 34.6 Å². The molecule has 0 unspecified atom stereocenters. The van der Waals surface area contributed by atoms with E-state index in [9.17, 15) is 18.0 Å². The van der Waals surface area contributed by atoms with Crippen LogP contribution < -0.4 is 10.0 Å². The van der Waals surface area contributed by atoms with Gasteiger partial charge in [0.05, 0.1) is 16.3 Å². The van der Waals surface area contributed by atoms with Gasteiger partial charge in [0.2, 0.25) is 0 Å². The zero-order valence-corrected chi connectivity index (χ0v) is 19.8. The van der Waals surface area contributed by atoms with Crippen molar-refractivity contribution < 1.29 is 18.0 Å². The van der Waals surface area contributed by atoms with E-state index < -0.39 is 15.9 Å². The van der Waals surface area contributed by atoms with Crippen molar-refractivity contribution in [3.63, 3.8) is 0 Å². The zero-order chi connectivity index (χ0) is 24.0. The number of hydrogen-bond donors (Lipinski definition) is 2. The van der Waals surface area contributed by atoms with Crippen LogP contribution in [0.3, 0.4) is 0 Å². The number of nitrogens with zero attached hydrogens (tertiary/aromatic N) is 1. The van der Waals surface area contributed by atoms with Gasteiger partial charge in [0.15, 0.2) is 0 Å². The van der Waals surface area contributed by atoms with Gasteiger partial charge in [-0.05, 0) is 56.3 Å². The zero-order valence-electron chi connectivity index (χ0n) is 18.2. The maximum atomic E-state index is 13.0. The molecule has 0 spiro atoms. The number of benzene rings is 3. The molecular formula is C24H24ClN3O4S. The molecule has 3 rings (SSSR count). The summed E-state index contributed by atoms with van der Waals surface area (Å²) in [6.45, 7) is 4.82. The number of carbonyl (C=O) groups is 2. The summed E-state index contributed by atoms with van der Waals surface area (Å²) in [5.41, 5.74) is 1.13. The lowest BCUT2D eigenvalue weighted by Gasteiger charge is -2.20. The molecule has 0 aliphatic carbocycles. The summed E-state index contributed by atoms with van der Waals surface area (Å²) in [7, 11) is -4.04. The van der Waals surface area contributed by atoms with Crippen LogP contribution in [0.15, 0.2) is 77.7 Å². The second kappa shape index (κ2) is 10.5. The van der Waals surface area contributed by atoms with Gasteiger partial charge in [0, 0.05) is 24.3 Å². The summed E-state index contributed by atoms with van der Waals surface area (Å²) in [4.78, 5) is 27.2. The normalized spacial score (nSPS) is 11.0. The van der Waals surface area contributed by atoms with Gasteiger partial charge in [-0.1, -0.05) is 41.9 Å². The Morgan fingerprint density at radius 3 is 2.21 bits per heavy atom. The number of rotatable bonds is 8. The summed E-state index contributed by atoms with van der Waals surface area (Å²) < 4.78 is 28.2. The van der Waals surface area contributed by atoms with Crippen LogP contribution in [0.5, 0.6) is 0 Å². The van der Waals surface area contributed by atoms with Crippen LogP contribution in [-0.4, -0.2) is 38.2 Å². The van der Waals surface area contributed by atoms with E-state index in [0.29, 0.717) is 30.0 Å². The molecule has 3 aromatic carbocycles. The molecule has 7 nitrogen and oxygen atoms in total. The lowest BCUT2D eigenvalue weighted by atomic mass is 10.1. The first kappa shape index (κ1) is 24.3. The van der Waals surface area contributed by atoms with Gasteiger partial charge in [-0.2, -0.15) is 0 Å². The molecule has 0 bridgehead atoms. The third kappa shape index (κ3) is 5.71. The van der Waals surface area contributed by atoms with Gasteiger partial charge in [0.1, 0.15) is 4.90 Å². The first-order valence-electron chi connectivity index (χ1n) is 10.3. The first-order valence-corrected chi connectivity index (χ1v) is 12.2. The highest BCUT2D eigenvalue weighted by atomic mass is 35.5. The van der Waals surface area contributed by atoms with Crippen molar-refractivity contribution in [3.05, 3.63) is 88.9 Å². The average Bonchev–Trinajstić information content (AvgIpc) is 2.80. The summed E-state index contributed by atoms with van der Waals surface area (Å²) in [6.07, 6.45) is 0. The SMILES string of the molecule is CCN(CC)C(=O)c1ccccc1NC(=O)c1ccc(Cl)c(S(=O)(=O)Nc2ccccc2)c1. The number of halogens is 1. The second-order valence-corrected chi connectivity index (χ2v) is 9.15. The predicted octanol–water partition coefficient (Wildman–Crippen LogP) is 4.88. The molecule has 0 atom stereocenters. The van der Waals surface area contributed by atoms with Crippen molar-refractivity contribution in [1.82, 2.24) is 4.90 Å². The van der Waals surface area contributed by atoms with Crippen LogP contribution in [0.4, 0.5) is 11.4 Å². The number of hydrogen-bond acceptors (Lipinski definition) is 4. The fraction of sp³-hybridized carbons (Fsp3) is 0.167. The molecule has 33 heavy (non-hydrogen) atoms. The van der Waals surface area contributed by atoms with Crippen molar-refractivity contribution in [2.75, 3.05) is 23.1 Å². The topological polar surface area (TPSA) is 95.6 Å². The number of nitrogens with one attached hydrogen (secondary N) is 2. The highest BCUT2D eigenvalue weighted by molar-refractivity contribution is 7.92. The van der Waals surface area contributed by atoms with Crippen LogP contribution in [-0.2, 0) is 10.0 Å². The molecule has 172 valence electrons. The number of carbonyl (C=O) groups excluding carboxylic acids is 2. The largest absolute Gasteiger partial charge is 0.339 e. The molecular weight excluding hydrogens is 462 g/mol. The molecule has 0 fully saturated rings. The minimum Gasteiger partial charge on any atom is -0.339 e. The van der Waals surface area contributed by atoms with E-state index in [1.807, 2.05) is 13.8 Å². The maximum absolute atomic E-state index is 13.0. The molecule has 2 N–H and O–H groups in total. The first-order chi connectivity index (χ1) is 15.8. The number of amides is 2. The molecule has 0 radical (unpaired) electrons. The summed E-state index contributed by atoms with van der Waals surface area (Å²) >= 11 is 6.14. The van der Waals surface area contributed by atoms with Gasteiger partial charge >= 0.3 is 0 Å². The minimum absolute atomic E-state index is 0.0212. The smallest absolute Gasteiger partial charge is 0.263 e. The van der Waals surface area contributed by atoms with Gasteiger partial charge in [-0.15, -0.1) is 0 Å². The van der Waals surface area contributed by atoms with E-state index in [-0.39, 0.29) is 21.4 Å². The van der Waals surface area contributed by atoms with E-state index in [1.165, 1.54) is 18.2 Å². The lowest BCUT2D eigenvalue weighted by molar-refractivity contribution is 0.0774. The monoisotopic (exact) mass is 485 g/mol. The van der Waals surface area contributed by atoms with Crippen LogP contribution in [0.2, 0.25) is 5.02 Å². The number of sulfonamides is 1. The van der Waals surface area contributed by atoms with Crippen molar-refractivity contribution in [2.24, 2.45) is 0 Å². The minimum atomic E-state index is -4.04. The average molecular weight is 486 g/mol. The lowest BCUT2D eigenvalue weighted by Crippen LogP contribution is -2.31. The van der Waals surface area contributed by atoms with Gasteiger partial charge in [0.25, 0.3) is 21.8 Å².